The Kier molecular flexibility index (Phi) is 70.6. The molecule has 0 aliphatic heterocycles. The van der Waals surface area contributed by atoms with Crippen LogP contribution in [0.15, 0.2) is 12.2 Å². The number of allylic oxidation sites excluding steroid dienone is 1. The first-order valence-corrected chi connectivity index (χ1v) is 37.4. The van der Waals surface area contributed by atoms with E-state index in [-0.39, 0.29) is 12.5 Å². The lowest BCUT2D eigenvalue weighted by Gasteiger charge is -2.20. The molecule has 0 rings (SSSR count). The molecule has 4 heteroatoms. The van der Waals surface area contributed by atoms with Crippen LogP contribution in [0.2, 0.25) is 0 Å². The second-order valence-corrected chi connectivity index (χ2v) is 26.1. The van der Waals surface area contributed by atoms with E-state index in [1.54, 1.807) is 6.08 Å². The summed E-state index contributed by atoms with van der Waals surface area (Å²) in [6.45, 7) is 4.37. The van der Waals surface area contributed by atoms with Crippen molar-refractivity contribution >= 4 is 5.91 Å². The van der Waals surface area contributed by atoms with Gasteiger partial charge in [-0.25, -0.2) is 0 Å². The Labute approximate surface area is 498 Å². The zero-order valence-corrected chi connectivity index (χ0v) is 54.7. The molecule has 472 valence electrons. The molecule has 2 unspecified atom stereocenters. The summed E-state index contributed by atoms with van der Waals surface area (Å²) in [7, 11) is 0. The van der Waals surface area contributed by atoms with E-state index in [2.05, 4.69) is 19.2 Å². The highest BCUT2D eigenvalue weighted by Gasteiger charge is 2.18. The molecule has 79 heavy (non-hydrogen) atoms. The zero-order chi connectivity index (χ0) is 56.9. The third-order valence-electron chi connectivity index (χ3n) is 18.0. The lowest BCUT2D eigenvalue weighted by Crippen LogP contribution is -2.45. The maximum Gasteiger partial charge on any atom is 0.220 e. The fraction of sp³-hybridized carbons (Fsp3) is 0.960. The fourth-order valence-corrected chi connectivity index (χ4v) is 12.4. The number of hydrogen-bond donors (Lipinski definition) is 3. The first kappa shape index (κ1) is 78.1. The molecular formula is C75H149NO3. The van der Waals surface area contributed by atoms with Gasteiger partial charge in [-0.1, -0.05) is 431 Å². The quantitative estimate of drug-likeness (QED) is 0.0420. The van der Waals surface area contributed by atoms with Crippen LogP contribution in [0.5, 0.6) is 0 Å². The van der Waals surface area contributed by atoms with Crippen LogP contribution in [0, 0.1) is 0 Å². The number of carbonyl (C=O) groups excluding carboxylic acids is 1. The molecule has 0 aliphatic carbocycles. The van der Waals surface area contributed by atoms with Gasteiger partial charge in [0.05, 0.1) is 18.8 Å². The lowest BCUT2D eigenvalue weighted by molar-refractivity contribution is -0.123. The number of aliphatic hydroxyl groups excluding tert-OH is 2. The molecule has 0 aromatic carbocycles. The van der Waals surface area contributed by atoms with Crippen LogP contribution in [-0.4, -0.2) is 34.9 Å². The molecule has 0 aromatic heterocycles. The van der Waals surface area contributed by atoms with E-state index in [1.807, 2.05) is 6.08 Å². The Morgan fingerprint density at radius 1 is 0.291 bits per heavy atom. The second-order valence-electron chi connectivity index (χ2n) is 26.1. The van der Waals surface area contributed by atoms with Crippen molar-refractivity contribution < 1.29 is 15.0 Å². The highest BCUT2D eigenvalue weighted by molar-refractivity contribution is 5.76. The average molecular weight is 1110 g/mol. The first-order valence-electron chi connectivity index (χ1n) is 37.4. The third-order valence-corrected chi connectivity index (χ3v) is 18.0. The molecular weight excluding hydrogens is 963 g/mol. The highest BCUT2D eigenvalue weighted by Crippen LogP contribution is 2.20. The number of amides is 1. The second kappa shape index (κ2) is 71.4. The van der Waals surface area contributed by atoms with Crippen LogP contribution < -0.4 is 5.32 Å². The maximum atomic E-state index is 12.5. The third kappa shape index (κ3) is 67.8. The van der Waals surface area contributed by atoms with Gasteiger partial charge in [-0.2, -0.15) is 0 Å². The standard InChI is InChI=1S/C75H149NO3/c1-3-5-7-9-11-13-15-17-19-21-23-25-27-29-31-32-33-34-35-36-37-38-39-40-41-42-43-44-45-47-49-51-53-55-57-59-61-63-65-67-69-71-75(79)76-73(72-77)74(78)70-68-66-64-62-60-58-56-54-52-50-48-46-30-28-26-24-22-20-18-16-14-12-10-8-6-4-2/h68,70,73-74,77-78H,3-67,69,71-72H2,1-2H3,(H,76,79)/b70-68+. The molecule has 2 atom stereocenters. The minimum atomic E-state index is -0.837. The Balaban J connectivity index is 3.35. The van der Waals surface area contributed by atoms with Crippen molar-refractivity contribution in [2.45, 2.75) is 456 Å². The SMILES string of the molecule is CCCCCCCCCCCCCCCCCCCCCCCCCC/C=C/C(O)C(CO)NC(=O)CCCCCCCCCCCCCCCCCCCCCCCCCCCCCCCCCCCCCCCCCCC. The number of aliphatic hydroxyl groups is 2. The minimum absolute atomic E-state index is 0.0525. The number of nitrogens with one attached hydrogen (secondary N) is 1. The largest absolute Gasteiger partial charge is 0.394 e. The van der Waals surface area contributed by atoms with Crippen LogP contribution >= 0.6 is 0 Å². The monoisotopic (exact) mass is 1110 g/mol. The Hall–Kier alpha value is -0.870. The normalized spacial score (nSPS) is 12.6. The summed E-state index contributed by atoms with van der Waals surface area (Å²) in [5.74, 6) is -0.0525. The van der Waals surface area contributed by atoms with Crippen LogP contribution in [0.4, 0.5) is 0 Å². The molecule has 4 nitrogen and oxygen atoms in total. The molecule has 0 saturated heterocycles. The number of unbranched alkanes of at least 4 members (excludes halogenated alkanes) is 64. The number of carbonyl (C=O) groups is 1. The van der Waals surface area contributed by atoms with Gasteiger partial charge >= 0.3 is 0 Å². The van der Waals surface area contributed by atoms with E-state index in [4.69, 9.17) is 0 Å². The van der Waals surface area contributed by atoms with Crippen LogP contribution in [0.3, 0.4) is 0 Å². The Bertz CT molecular complexity index is 1120. The van der Waals surface area contributed by atoms with E-state index in [0.717, 1.165) is 25.7 Å². The molecule has 3 N–H and O–H groups in total. The molecule has 0 aliphatic rings. The van der Waals surface area contributed by atoms with E-state index in [9.17, 15) is 15.0 Å². The molecule has 0 saturated carbocycles. The van der Waals surface area contributed by atoms with Crippen molar-refractivity contribution in [3.63, 3.8) is 0 Å². The van der Waals surface area contributed by atoms with Crippen LogP contribution in [-0.2, 0) is 4.79 Å². The highest BCUT2D eigenvalue weighted by atomic mass is 16.3. The first-order chi connectivity index (χ1) is 39.2. The summed E-state index contributed by atoms with van der Waals surface area (Å²) >= 11 is 0. The summed E-state index contributed by atoms with van der Waals surface area (Å²) in [5.41, 5.74) is 0. The van der Waals surface area contributed by atoms with Gasteiger partial charge in [-0.3, -0.25) is 4.79 Å². The van der Waals surface area contributed by atoms with Gasteiger partial charge in [0, 0.05) is 6.42 Å². The van der Waals surface area contributed by atoms with Crippen molar-refractivity contribution in [2.24, 2.45) is 0 Å². The van der Waals surface area contributed by atoms with Crippen molar-refractivity contribution in [3.05, 3.63) is 12.2 Å². The topological polar surface area (TPSA) is 69.6 Å². The fourth-order valence-electron chi connectivity index (χ4n) is 12.4. The maximum absolute atomic E-state index is 12.5. The average Bonchev–Trinajstić information content (AvgIpc) is 3.45. The van der Waals surface area contributed by atoms with E-state index in [0.29, 0.717) is 6.42 Å². The van der Waals surface area contributed by atoms with Crippen LogP contribution in [0.1, 0.15) is 444 Å². The van der Waals surface area contributed by atoms with Crippen LogP contribution in [0.25, 0.3) is 0 Å². The van der Waals surface area contributed by atoms with Crippen molar-refractivity contribution in [1.82, 2.24) is 5.32 Å². The van der Waals surface area contributed by atoms with Crippen molar-refractivity contribution in [3.8, 4) is 0 Å². The Morgan fingerprint density at radius 3 is 0.658 bits per heavy atom. The molecule has 0 bridgehead atoms. The van der Waals surface area contributed by atoms with Gasteiger partial charge in [0.1, 0.15) is 0 Å². The summed E-state index contributed by atoms with van der Waals surface area (Å²) in [6, 6.07) is -0.620. The van der Waals surface area contributed by atoms with E-state index < -0.39 is 12.1 Å². The smallest absolute Gasteiger partial charge is 0.220 e. The Morgan fingerprint density at radius 2 is 0.468 bits per heavy atom. The van der Waals surface area contributed by atoms with Gasteiger partial charge < -0.3 is 15.5 Å². The zero-order valence-electron chi connectivity index (χ0n) is 54.7. The van der Waals surface area contributed by atoms with Gasteiger partial charge in [0.25, 0.3) is 0 Å². The van der Waals surface area contributed by atoms with Gasteiger partial charge in [-0.15, -0.1) is 0 Å². The molecule has 1 amide bonds. The lowest BCUT2D eigenvalue weighted by atomic mass is 10.0. The molecule has 0 fully saturated rings. The van der Waals surface area contributed by atoms with E-state index in [1.165, 1.54) is 398 Å². The number of rotatable bonds is 71. The summed E-state index contributed by atoms with van der Waals surface area (Å²) < 4.78 is 0. The predicted molar refractivity (Wildman–Crippen MR) is 355 cm³/mol. The van der Waals surface area contributed by atoms with Crippen molar-refractivity contribution in [1.29, 1.82) is 0 Å². The summed E-state index contributed by atoms with van der Waals surface area (Å²) in [5, 5.41) is 23.3. The minimum Gasteiger partial charge on any atom is -0.394 e. The number of hydrogen-bond acceptors (Lipinski definition) is 3. The van der Waals surface area contributed by atoms with Crippen molar-refractivity contribution in [2.75, 3.05) is 6.61 Å². The molecule has 0 heterocycles. The summed E-state index contributed by atoms with van der Waals surface area (Å²) in [6.07, 6.45) is 96.3. The molecule has 0 radical (unpaired) electrons. The molecule has 0 aromatic rings. The molecule has 0 spiro atoms. The predicted octanol–water partition coefficient (Wildman–Crippen LogP) is 25.6. The van der Waals surface area contributed by atoms with Gasteiger partial charge in [0.2, 0.25) is 5.91 Å². The van der Waals surface area contributed by atoms with E-state index >= 15 is 0 Å². The summed E-state index contributed by atoms with van der Waals surface area (Å²) in [4.78, 5) is 12.5. The van der Waals surface area contributed by atoms with Gasteiger partial charge in [-0.05, 0) is 19.3 Å². The van der Waals surface area contributed by atoms with Gasteiger partial charge in [0.15, 0.2) is 0 Å².